The Morgan fingerprint density at radius 3 is 2.28 bits per heavy atom. The molecule has 1 aromatic heterocycles. The van der Waals surface area contributed by atoms with Crippen molar-refractivity contribution in [3.63, 3.8) is 0 Å². The van der Waals surface area contributed by atoms with Crippen LogP contribution in [0.15, 0.2) is 30.5 Å². The molecule has 0 saturated carbocycles. The van der Waals surface area contributed by atoms with Gasteiger partial charge >= 0.3 is 5.97 Å². The van der Waals surface area contributed by atoms with E-state index in [-0.39, 0.29) is 42.7 Å². The molecule has 71 heavy (non-hydrogen) atoms. The van der Waals surface area contributed by atoms with Gasteiger partial charge in [-0.15, -0.1) is 5.10 Å². The molecule has 0 unspecified atom stereocenters. The van der Waals surface area contributed by atoms with E-state index in [1.807, 2.05) is 60.5 Å². The molecule has 3 saturated heterocycles. The molecule has 1 aromatic carbocycles. The summed E-state index contributed by atoms with van der Waals surface area (Å²) < 4.78 is 59.2. The number of hydrogen-bond donors (Lipinski definition) is 3. The molecule has 3 aliphatic rings. The molecule has 0 radical (unpaired) electrons. The first kappa shape index (κ1) is 59.3. The fourth-order valence-electron chi connectivity index (χ4n) is 10.9. The summed E-state index contributed by atoms with van der Waals surface area (Å²) in [6.07, 6.45) is -2.25. The van der Waals surface area contributed by atoms with Crippen LogP contribution in [0.4, 0.5) is 10.1 Å². The zero-order valence-electron chi connectivity index (χ0n) is 44.0. The highest BCUT2D eigenvalue weighted by atomic mass is 127. The molecule has 21 heteroatoms. The number of ether oxygens (including phenoxy) is 7. The number of aliphatic hydroxyl groups excluding tert-OH is 1. The molecule has 5 rings (SSSR count). The number of methoxy groups -OCH3 is 2. The number of halogens is 2. The van der Waals surface area contributed by atoms with Gasteiger partial charge in [-0.2, -0.15) is 0 Å². The quantitative estimate of drug-likeness (QED) is 0.0548. The van der Waals surface area contributed by atoms with Crippen molar-refractivity contribution in [3.8, 4) is 0 Å². The maximum absolute atomic E-state index is 14.7. The zero-order chi connectivity index (χ0) is 52.7. The average molecular weight is 1120 g/mol. The summed E-state index contributed by atoms with van der Waals surface area (Å²) in [5.41, 5.74) is -1.25. The lowest BCUT2D eigenvalue weighted by molar-refractivity contribution is -0.384. The Balaban J connectivity index is 1.41. The van der Waals surface area contributed by atoms with E-state index in [9.17, 15) is 34.6 Å². The highest BCUT2D eigenvalue weighted by molar-refractivity contribution is 14.1. The second-order valence-corrected chi connectivity index (χ2v) is 23.1. The molecular weight excluding hydrogens is 1040 g/mol. The summed E-state index contributed by atoms with van der Waals surface area (Å²) in [5.74, 6) is -2.43. The smallest absolute Gasteiger partial charge is 0.311 e. The summed E-state index contributed by atoms with van der Waals surface area (Å²) in [4.78, 5) is 29.3. The third kappa shape index (κ3) is 14.9. The predicted octanol–water partition coefficient (Wildman–Crippen LogP) is 6.34. The summed E-state index contributed by atoms with van der Waals surface area (Å²) in [6.45, 7) is 16.9. The van der Waals surface area contributed by atoms with Gasteiger partial charge in [-0.1, -0.05) is 26.0 Å². The number of carbonyl (C=O) groups excluding carboxylic acids is 1. The molecule has 0 aliphatic carbocycles. The lowest BCUT2D eigenvalue weighted by Crippen LogP contribution is -2.59. The minimum absolute atomic E-state index is 0.0266. The minimum Gasteiger partial charge on any atom is -0.459 e. The van der Waals surface area contributed by atoms with Crippen molar-refractivity contribution in [2.75, 3.05) is 48.1 Å². The second-order valence-electron chi connectivity index (χ2n) is 21.2. The van der Waals surface area contributed by atoms with E-state index < -0.39 is 99.4 Å². The molecule has 18 atom stereocenters. The molecule has 0 spiro atoms. The Kier molecular flexibility index (Phi) is 21.2. The van der Waals surface area contributed by atoms with Crippen LogP contribution in [-0.2, 0) is 44.4 Å². The van der Waals surface area contributed by atoms with Crippen molar-refractivity contribution < 1.29 is 62.6 Å². The van der Waals surface area contributed by atoms with Crippen LogP contribution >= 0.6 is 22.6 Å². The van der Waals surface area contributed by atoms with Crippen molar-refractivity contribution in [2.24, 2.45) is 17.8 Å². The number of nitrogens with zero attached hydrogens (tertiary/aromatic N) is 6. The van der Waals surface area contributed by atoms with E-state index in [1.54, 1.807) is 39.3 Å². The Morgan fingerprint density at radius 1 is 1.01 bits per heavy atom. The van der Waals surface area contributed by atoms with E-state index in [2.05, 4.69) is 37.8 Å². The van der Waals surface area contributed by atoms with Crippen molar-refractivity contribution in [3.05, 3.63) is 51.8 Å². The van der Waals surface area contributed by atoms with E-state index >= 15 is 0 Å². The topological polar surface area (TPSA) is 223 Å². The summed E-state index contributed by atoms with van der Waals surface area (Å²) >= 11 is 2.07. The number of alkyl halides is 2. The summed E-state index contributed by atoms with van der Waals surface area (Å²) in [6, 6.07) is 4.38. The Hall–Kier alpha value is -2.55. The van der Waals surface area contributed by atoms with Crippen molar-refractivity contribution in [2.45, 2.75) is 196 Å². The van der Waals surface area contributed by atoms with Crippen LogP contribution in [0.25, 0.3) is 0 Å². The number of nitro groups is 1. The summed E-state index contributed by atoms with van der Waals surface area (Å²) in [7, 11) is 6.98. The normalized spacial score (nSPS) is 38.2. The Morgan fingerprint density at radius 2 is 1.68 bits per heavy atom. The van der Waals surface area contributed by atoms with Gasteiger partial charge in [0, 0.05) is 89.3 Å². The number of nitro benzene ring substituents is 1. The van der Waals surface area contributed by atoms with Crippen molar-refractivity contribution in [1.82, 2.24) is 24.8 Å². The molecule has 4 heterocycles. The van der Waals surface area contributed by atoms with Gasteiger partial charge in [0.1, 0.15) is 46.3 Å². The largest absolute Gasteiger partial charge is 0.459 e. The molecule has 0 amide bonds. The van der Waals surface area contributed by atoms with Crippen LogP contribution < -0.4 is 0 Å². The number of aromatic nitrogens is 3. The SMILES string of the molecule is CC[C@H]1OC(=O)[C@H](C)[C@@H](O[C@H]2C[C@@](C)(OC)C[C@H](C)O2)[C@H](C)[C@@H](O[C@H]2C[C@@H](N(C)CCc3cn([C@H](CF)[C@H](OC)c4ccc([N+](=O)[O-])cc4)nn3)C[C@@H](C)O2)[C@@](O)(I)C[C@@H](C)CN(C)[C@H](C)[C@@H](O)[C@]1(C)O. The first-order valence-electron chi connectivity index (χ1n) is 25.1. The molecular formula is C50H82FIN6O13. The summed E-state index contributed by atoms with van der Waals surface area (Å²) in [5, 5.41) is 56.2. The number of likely N-dealkylation sites (N-methyl/N-ethyl adjacent to an activating group) is 2. The van der Waals surface area contributed by atoms with E-state index in [1.165, 1.54) is 30.8 Å². The van der Waals surface area contributed by atoms with Crippen LogP contribution in [0.2, 0.25) is 0 Å². The fourth-order valence-corrected chi connectivity index (χ4v) is 12.4. The number of aliphatic hydroxyl groups is 3. The van der Waals surface area contributed by atoms with Gasteiger partial charge in [0.05, 0.1) is 40.4 Å². The standard InChI is InChI=1S/C50H82FIN6O13/c1-14-40-49(9,61)45(59)34(7)56(11)27-29(2)23-50(52,62)46(32(5)43(33(6)47(60)69-40)70-42-25-48(8,66-13)24-31(4)68-42)71-41-22-38(21-30(3)67-41)55(10)20-19-36-28-57(54-53-36)39(26-51)44(65-12)35-15-17-37(18-16-35)58(63)64/h15-18,28-34,38-46,59,61-62H,14,19-27H2,1-13H3/t29-,30-,31+,32+,33-,34-,38+,39-,40-,41+,42+,43+,44-,45-,46-,48+,49-,50-/m1/s1. The number of non-ortho nitro benzene ring substituents is 1. The molecule has 3 aliphatic heterocycles. The molecule has 19 nitrogen and oxygen atoms in total. The first-order chi connectivity index (χ1) is 33.3. The van der Waals surface area contributed by atoms with Crippen molar-refractivity contribution in [1.29, 1.82) is 0 Å². The number of esters is 1. The molecule has 404 valence electrons. The van der Waals surface area contributed by atoms with E-state index in [0.717, 1.165) is 0 Å². The lowest BCUT2D eigenvalue weighted by atomic mass is 9.84. The maximum atomic E-state index is 14.7. The zero-order valence-corrected chi connectivity index (χ0v) is 46.1. The van der Waals surface area contributed by atoms with Crippen LogP contribution in [0.3, 0.4) is 0 Å². The van der Waals surface area contributed by atoms with Gasteiger partial charge in [0.15, 0.2) is 12.6 Å². The van der Waals surface area contributed by atoms with Crippen LogP contribution in [0.5, 0.6) is 0 Å². The number of cyclic esters (lactones) is 1. The lowest BCUT2D eigenvalue weighted by Gasteiger charge is -2.46. The van der Waals surface area contributed by atoms with Crippen LogP contribution in [-0.4, -0.2) is 175 Å². The number of carbonyl (C=O) groups is 1. The van der Waals surface area contributed by atoms with Gasteiger partial charge < -0.3 is 58.3 Å². The molecule has 2 aromatic rings. The highest BCUT2D eigenvalue weighted by Crippen LogP contribution is 2.42. The third-order valence-corrected chi connectivity index (χ3v) is 16.3. The second kappa shape index (κ2) is 25.3. The van der Waals surface area contributed by atoms with Crippen LogP contribution in [0.1, 0.15) is 124 Å². The fraction of sp³-hybridized carbons (Fsp3) is 0.820. The first-order valence-corrected chi connectivity index (χ1v) is 26.2. The van der Waals surface area contributed by atoms with Crippen LogP contribution in [0, 0.1) is 27.9 Å². The molecule has 0 bridgehead atoms. The average Bonchev–Trinajstić information content (AvgIpc) is 3.79. The van der Waals surface area contributed by atoms with Crippen molar-refractivity contribution >= 4 is 34.2 Å². The molecule has 3 N–H and O–H groups in total. The number of benzene rings is 1. The Bertz CT molecular complexity index is 2000. The molecule has 3 fully saturated rings. The van der Waals surface area contributed by atoms with Gasteiger partial charge in [-0.05, 0) is 121 Å². The minimum atomic E-state index is -1.80. The van der Waals surface area contributed by atoms with E-state index in [0.29, 0.717) is 56.5 Å². The van der Waals surface area contributed by atoms with Gasteiger partial charge in [-0.25, -0.2) is 9.07 Å². The van der Waals surface area contributed by atoms with Gasteiger partial charge in [-0.3, -0.25) is 14.9 Å². The van der Waals surface area contributed by atoms with E-state index in [4.69, 9.17) is 33.2 Å². The number of hydrogen-bond acceptors (Lipinski definition) is 17. The van der Waals surface area contributed by atoms with Gasteiger partial charge in [0.2, 0.25) is 0 Å². The highest BCUT2D eigenvalue weighted by Gasteiger charge is 2.51. The Labute approximate surface area is 433 Å². The van der Waals surface area contributed by atoms with Gasteiger partial charge in [0.25, 0.3) is 5.69 Å². The monoisotopic (exact) mass is 1120 g/mol. The third-order valence-electron chi connectivity index (χ3n) is 15.3. The maximum Gasteiger partial charge on any atom is 0.311 e. The number of rotatable bonds is 16. The predicted molar refractivity (Wildman–Crippen MR) is 270 cm³/mol.